The van der Waals surface area contributed by atoms with Crippen molar-refractivity contribution in [3.8, 4) is 11.6 Å². The van der Waals surface area contributed by atoms with E-state index in [9.17, 15) is 4.79 Å². The van der Waals surface area contributed by atoms with Crippen LogP contribution in [0.3, 0.4) is 0 Å². The maximum atomic E-state index is 11.7. The maximum absolute atomic E-state index is 11.7. The number of hydrogen-bond donors (Lipinski definition) is 1. The van der Waals surface area contributed by atoms with Gasteiger partial charge in [-0.25, -0.2) is 9.97 Å². The number of hydrogen-bond acceptors (Lipinski definition) is 5. The van der Waals surface area contributed by atoms with Gasteiger partial charge in [-0.1, -0.05) is 29.8 Å². The van der Waals surface area contributed by atoms with Crippen LogP contribution in [0.2, 0.25) is 0 Å². The van der Waals surface area contributed by atoms with E-state index >= 15 is 0 Å². The molecule has 2 atom stereocenters. The summed E-state index contributed by atoms with van der Waals surface area (Å²) in [6.07, 6.45) is 5.30. The molecule has 0 bridgehead atoms. The summed E-state index contributed by atoms with van der Waals surface area (Å²) in [4.78, 5) is 22.9. The van der Waals surface area contributed by atoms with Gasteiger partial charge in [0.15, 0.2) is 11.6 Å². The van der Waals surface area contributed by atoms with Crippen molar-refractivity contribution >= 4 is 5.91 Å². The van der Waals surface area contributed by atoms with Crippen molar-refractivity contribution in [1.82, 2.24) is 20.2 Å². The number of aryl methyl sites for hydroxylation is 1. The molecule has 6 nitrogen and oxygen atoms in total. The van der Waals surface area contributed by atoms with Crippen molar-refractivity contribution in [2.45, 2.75) is 32.4 Å². The molecule has 1 amide bonds. The van der Waals surface area contributed by atoms with E-state index in [2.05, 4.69) is 51.4 Å². The first-order valence-electron chi connectivity index (χ1n) is 9.49. The number of furan rings is 1. The Labute approximate surface area is 164 Å². The average Bonchev–Trinajstić information content (AvgIpc) is 3.33. The van der Waals surface area contributed by atoms with Crippen molar-refractivity contribution in [1.29, 1.82) is 0 Å². The van der Waals surface area contributed by atoms with Gasteiger partial charge in [-0.2, -0.15) is 0 Å². The number of amides is 1. The molecule has 1 fully saturated rings. The lowest BCUT2D eigenvalue weighted by Crippen LogP contribution is -2.38. The summed E-state index contributed by atoms with van der Waals surface area (Å²) < 4.78 is 5.34. The summed E-state index contributed by atoms with van der Waals surface area (Å²) in [7, 11) is 0. The summed E-state index contributed by atoms with van der Waals surface area (Å²) in [5.74, 6) is 1.53. The van der Waals surface area contributed by atoms with Crippen LogP contribution in [0.5, 0.6) is 0 Å². The van der Waals surface area contributed by atoms with Crippen LogP contribution >= 0.6 is 0 Å². The molecule has 28 heavy (non-hydrogen) atoms. The second-order valence-electron chi connectivity index (χ2n) is 7.41. The van der Waals surface area contributed by atoms with Gasteiger partial charge in [0.2, 0.25) is 5.91 Å². The maximum Gasteiger partial charge on any atom is 0.217 e. The number of benzene rings is 1. The van der Waals surface area contributed by atoms with Crippen molar-refractivity contribution in [3.05, 3.63) is 71.7 Å². The van der Waals surface area contributed by atoms with E-state index in [0.29, 0.717) is 11.6 Å². The lowest BCUT2D eigenvalue weighted by molar-refractivity contribution is -0.119. The zero-order chi connectivity index (χ0) is 19.5. The Bertz CT molecular complexity index is 920. The molecule has 3 aromatic rings. The van der Waals surface area contributed by atoms with Crippen molar-refractivity contribution < 1.29 is 9.21 Å². The van der Waals surface area contributed by atoms with Gasteiger partial charge in [-0.05, 0) is 24.6 Å². The van der Waals surface area contributed by atoms with Crippen LogP contribution < -0.4 is 5.32 Å². The number of carbonyl (C=O) groups excluding carboxylic acids is 1. The number of likely N-dealkylation sites (tertiary alicyclic amines) is 1. The molecule has 1 aliphatic rings. The number of carbonyl (C=O) groups is 1. The first-order chi connectivity index (χ1) is 13.6. The highest BCUT2D eigenvalue weighted by Crippen LogP contribution is 2.29. The smallest absolute Gasteiger partial charge is 0.217 e. The molecule has 0 radical (unpaired) electrons. The SMILES string of the molecule is CC(=O)NC1CN(Cc2cnc(-c3ccco3)nc2)CC1c1ccc(C)cc1. The third-order valence-electron chi connectivity index (χ3n) is 5.14. The van der Waals surface area contributed by atoms with Crippen molar-refractivity contribution in [3.63, 3.8) is 0 Å². The Kier molecular flexibility index (Phi) is 5.21. The lowest BCUT2D eigenvalue weighted by Gasteiger charge is -2.19. The van der Waals surface area contributed by atoms with E-state index < -0.39 is 0 Å². The largest absolute Gasteiger partial charge is 0.461 e. The van der Waals surface area contributed by atoms with Gasteiger partial charge in [0.25, 0.3) is 0 Å². The fourth-order valence-electron chi connectivity index (χ4n) is 3.80. The molecule has 4 rings (SSSR count). The Hall–Kier alpha value is -2.99. The van der Waals surface area contributed by atoms with Crippen LogP contribution in [-0.2, 0) is 11.3 Å². The van der Waals surface area contributed by atoms with Crippen LogP contribution in [0.15, 0.2) is 59.5 Å². The molecule has 144 valence electrons. The molecule has 3 heterocycles. The predicted octanol–water partition coefficient (Wildman–Crippen LogP) is 3.15. The van der Waals surface area contributed by atoms with Crippen LogP contribution in [0.25, 0.3) is 11.6 Å². The first kappa shape index (κ1) is 18.4. The van der Waals surface area contributed by atoms with Gasteiger partial charge in [0.1, 0.15) is 0 Å². The standard InChI is InChI=1S/C22H24N4O2/c1-15-5-7-18(8-6-15)19-13-26(14-20(19)25-16(2)27)12-17-10-23-22(24-11-17)21-4-3-9-28-21/h3-11,19-20H,12-14H2,1-2H3,(H,25,27). The summed E-state index contributed by atoms with van der Waals surface area (Å²) in [5.41, 5.74) is 3.54. The van der Waals surface area contributed by atoms with Crippen LogP contribution in [0.4, 0.5) is 0 Å². The molecule has 0 aliphatic carbocycles. The number of aromatic nitrogens is 2. The minimum atomic E-state index is 0.00935. The second-order valence-corrected chi connectivity index (χ2v) is 7.41. The Morgan fingerprint density at radius 1 is 1.18 bits per heavy atom. The highest BCUT2D eigenvalue weighted by molar-refractivity contribution is 5.73. The topological polar surface area (TPSA) is 71.3 Å². The summed E-state index contributed by atoms with van der Waals surface area (Å²) in [6.45, 7) is 6.10. The molecular weight excluding hydrogens is 352 g/mol. The lowest BCUT2D eigenvalue weighted by atomic mass is 9.93. The predicted molar refractivity (Wildman–Crippen MR) is 107 cm³/mol. The van der Waals surface area contributed by atoms with Gasteiger partial charge in [0, 0.05) is 56.5 Å². The summed E-state index contributed by atoms with van der Waals surface area (Å²) in [6, 6.07) is 12.4. The average molecular weight is 376 g/mol. The summed E-state index contributed by atoms with van der Waals surface area (Å²) in [5, 5.41) is 3.12. The fourth-order valence-corrected chi connectivity index (χ4v) is 3.80. The van der Waals surface area contributed by atoms with E-state index in [1.807, 2.05) is 24.5 Å². The Morgan fingerprint density at radius 3 is 2.57 bits per heavy atom. The third-order valence-corrected chi connectivity index (χ3v) is 5.14. The molecule has 2 aromatic heterocycles. The minimum absolute atomic E-state index is 0.00935. The molecule has 1 N–H and O–H groups in total. The summed E-state index contributed by atoms with van der Waals surface area (Å²) >= 11 is 0. The first-order valence-corrected chi connectivity index (χ1v) is 9.49. The van der Waals surface area contributed by atoms with Crippen LogP contribution in [-0.4, -0.2) is 39.9 Å². The molecule has 1 aromatic carbocycles. The molecule has 0 spiro atoms. The minimum Gasteiger partial charge on any atom is -0.461 e. The zero-order valence-corrected chi connectivity index (χ0v) is 16.1. The fraction of sp³-hybridized carbons (Fsp3) is 0.318. The molecule has 6 heteroatoms. The van der Waals surface area contributed by atoms with Gasteiger partial charge in [-0.3, -0.25) is 9.69 Å². The molecule has 1 saturated heterocycles. The highest BCUT2D eigenvalue weighted by atomic mass is 16.3. The highest BCUT2D eigenvalue weighted by Gasteiger charge is 2.34. The van der Waals surface area contributed by atoms with Gasteiger partial charge in [0.05, 0.1) is 6.26 Å². The van der Waals surface area contributed by atoms with Gasteiger partial charge >= 0.3 is 0 Å². The number of nitrogens with one attached hydrogen (secondary N) is 1. The van der Waals surface area contributed by atoms with Crippen LogP contribution in [0.1, 0.15) is 29.5 Å². The number of nitrogens with zero attached hydrogens (tertiary/aromatic N) is 3. The molecule has 1 aliphatic heterocycles. The second kappa shape index (κ2) is 7.94. The monoisotopic (exact) mass is 376 g/mol. The molecule has 0 saturated carbocycles. The normalized spacial score (nSPS) is 19.6. The van der Waals surface area contributed by atoms with E-state index in [1.165, 1.54) is 11.1 Å². The Morgan fingerprint density at radius 2 is 1.93 bits per heavy atom. The zero-order valence-electron chi connectivity index (χ0n) is 16.1. The third kappa shape index (κ3) is 4.12. The molecular formula is C22H24N4O2. The van der Waals surface area contributed by atoms with E-state index in [-0.39, 0.29) is 17.9 Å². The van der Waals surface area contributed by atoms with E-state index in [4.69, 9.17) is 4.42 Å². The van der Waals surface area contributed by atoms with E-state index in [0.717, 1.165) is 25.2 Å². The van der Waals surface area contributed by atoms with Crippen LogP contribution in [0, 0.1) is 6.92 Å². The Balaban J connectivity index is 1.47. The van der Waals surface area contributed by atoms with Gasteiger partial charge in [-0.15, -0.1) is 0 Å². The van der Waals surface area contributed by atoms with Crippen molar-refractivity contribution in [2.75, 3.05) is 13.1 Å². The quantitative estimate of drug-likeness (QED) is 0.741. The molecule has 2 unspecified atom stereocenters. The number of rotatable bonds is 5. The van der Waals surface area contributed by atoms with Crippen molar-refractivity contribution in [2.24, 2.45) is 0 Å². The van der Waals surface area contributed by atoms with E-state index in [1.54, 1.807) is 13.2 Å². The van der Waals surface area contributed by atoms with Gasteiger partial charge < -0.3 is 9.73 Å².